The van der Waals surface area contributed by atoms with Crippen LogP contribution in [0, 0.1) is 0 Å². The van der Waals surface area contributed by atoms with Crippen molar-refractivity contribution < 1.29 is 24.2 Å². The molecular formula is C16H11NO5. The molecule has 1 aliphatic rings. The minimum Gasteiger partial charge on any atom is -0.508 e. The van der Waals surface area contributed by atoms with Gasteiger partial charge in [-0.15, -0.1) is 0 Å². The normalized spacial score (nSPS) is 14.6. The van der Waals surface area contributed by atoms with E-state index < -0.39 is 5.97 Å². The number of aromatic hydroxyl groups is 1. The number of hydrogen-bond acceptors (Lipinski definition) is 6. The Bertz CT molecular complexity index is 810. The Labute approximate surface area is 125 Å². The lowest BCUT2D eigenvalue weighted by atomic mass is 10.1. The summed E-state index contributed by atoms with van der Waals surface area (Å²) >= 11 is 0. The molecule has 1 N–H and O–H groups in total. The van der Waals surface area contributed by atoms with Gasteiger partial charge in [0.25, 0.3) is 0 Å². The number of phenolic OH excluding ortho intramolecular Hbond substituents is 1. The molecule has 1 aliphatic heterocycles. The number of hydrogen-bond donors (Lipinski definition) is 1. The van der Waals surface area contributed by atoms with Gasteiger partial charge in [-0.1, -0.05) is 0 Å². The molecule has 0 atom stereocenters. The highest BCUT2D eigenvalue weighted by molar-refractivity contribution is 6.14. The fourth-order valence-electron chi connectivity index (χ4n) is 2.09. The van der Waals surface area contributed by atoms with Crippen molar-refractivity contribution in [2.45, 2.75) is 0 Å². The number of rotatable bonds is 2. The van der Waals surface area contributed by atoms with E-state index in [9.17, 15) is 14.7 Å². The van der Waals surface area contributed by atoms with E-state index >= 15 is 0 Å². The summed E-state index contributed by atoms with van der Waals surface area (Å²) in [6.45, 7) is 0. The fraction of sp³-hybridized carbons (Fsp3) is 0.0625. The molecule has 0 saturated carbocycles. The number of benzene rings is 1. The summed E-state index contributed by atoms with van der Waals surface area (Å²) in [6, 6.07) is 5.83. The number of Topliss-reactive ketones (excluding diaryl/α,β-unsaturated/α-hetero) is 1. The highest BCUT2D eigenvalue weighted by atomic mass is 16.5. The highest BCUT2D eigenvalue weighted by Gasteiger charge is 2.27. The Morgan fingerprint density at radius 2 is 2.14 bits per heavy atom. The lowest BCUT2D eigenvalue weighted by molar-refractivity contribution is 0.0600. The number of ether oxygens (including phenoxy) is 2. The summed E-state index contributed by atoms with van der Waals surface area (Å²) < 4.78 is 10.1. The van der Waals surface area contributed by atoms with Gasteiger partial charge in [0, 0.05) is 18.5 Å². The molecule has 1 aromatic heterocycles. The van der Waals surface area contributed by atoms with Crippen LogP contribution in [0.1, 0.15) is 26.3 Å². The van der Waals surface area contributed by atoms with Crippen LogP contribution < -0.4 is 4.74 Å². The molecule has 6 heteroatoms. The Balaban J connectivity index is 1.94. The number of methoxy groups -OCH3 is 1. The second-order valence-electron chi connectivity index (χ2n) is 4.62. The molecule has 6 nitrogen and oxygen atoms in total. The van der Waals surface area contributed by atoms with Crippen molar-refractivity contribution in [3.8, 4) is 11.5 Å². The van der Waals surface area contributed by atoms with Crippen molar-refractivity contribution in [3.05, 3.63) is 59.1 Å². The van der Waals surface area contributed by atoms with Gasteiger partial charge >= 0.3 is 5.97 Å². The summed E-state index contributed by atoms with van der Waals surface area (Å²) in [5.74, 6) is -0.391. The number of carbonyl (C=O) groups is 2. The molecular weight excluding hydrogens is 286 g/mol. The average molecular weight is 297 g/mol. The number of carbonyl (C=O) groups excluding carboxylic acids is 2. The zero-order chi connectivity index (χ0) is 15.7. The first-order chi connectivity index (χ1) is 10.6. The van der Waals surface area contributed by atoms with Crippen LogP contribution in [0.15, 0.2) is 42.4 Å². The van der Waals surface area contributed by atoms with E-state index in [2.05, 4.69) is 9.72 Å². The number of fused-ring (bicyclic) bond motifs is 1. The van der Waals surface area contributed by atoms with Crippen molar-refractivity contribution in [3.63, 3.8) is 0 Å². The van der Waals surface area contributed by atoms with Crippen LogP contribution in [0.25, 0.3) is 6.08 Å². The van der Waals surface area contributed by atoms with Crippen LogP contribution in [-0.4, -0.2) is 29.0 Å². The Hall–Kier alpha value is -3.15. The van der Waals surface area contributed by atoms with Crippen LogP contribution in [0.5, 0.6) is 11.5 Å². The third-order valence-corrected chi connectivity index (χ3v) is 3.13. The van der Waals surface area contributed by atoms with Crippen molar-refractivity contribution in [2.75, 3.05) is 7.11 Å². The SMILES string of the molecule is COC(=O)c1cncc(/C=C2\Oc3cc(O)ccc3C2=O)c1. The van der Waals surface area contributed by atoms with Gasteiger partial charge in [-0.05, 0) is 29.8 Å². The number of ketones is 1. The van der Waals surface area contributed by atoms with Crippen molar-refractivity contribution >= 4 is 17.8 Å². The molecule has 0 aliphatic carbocycles. The third-order valence-electron chi connectivity index (χ3n) is 3.13. The first-order valence-corrected chi connectivity index (χ1v) is 6.39. The Kier molecular flexibility index (Phi) is 3.34. The standard InChI is InChI=1S/C16H11NO5/c1-21-16(20)10-4-9(7-17-8-10)5-14-15(19)12-3-2-11(18)6-13(12)22-14/h2-8,18H,1H3/b14-5-. The van der Waals surface area contributed by atoms with Gasteiger partial charge in [0.15, 0.2) is 5.76 Å². The molecule has 110 valence electrons. The Morgan fingerprint density at radius 3 is 2.91 bits per heavy atom. The number of allylic oxidation sites excluding steroid dienone is 1. The molecule has 1 aromatic carbocycles. The molecule has 0 spiro atoms. The Morgan fingerprint density at radius 1 is 1.32 bits per heavy atom. The van der Waals surface area contributed by atoms with Crippen molar-refractivity contribution in [1.82, 2.24) is 4.98 Å². The second kappa shape index (κ2) is 5.33. The summed E-state index contributed by atoms with van der Waals surface area (Å²) in [6.07, 6.45) is 4.35. The lowest BCUT2D eigenvalue weighted by Crippen LogP contribution is -2.02. The predicted molar refractivity (Wildman–Crippen MR) is 76.6 cm³/mol. The van der Waals surface area contributed by atoms with Crippen LogP contribution in [0.3, 0.4) is 0 Å². The minimum absolute atomic E-state index is 0.0159. The third kappa shape index (κ3) is 2.42. The maximum Gasteiger partial charge on any atom is 0.339 e. The van der Waals surface area contributed by atoms with Gasteiger partial charge in [0.05, 0.1) is 18.2 Å². The van der Waals surface area contributed by atoms with Crippen LogP contribution in [0.4, 0.5) is 0 Å². The van der Waals surface area contributed by atoms with Crippen LogP contribution in [0.2, 0.25) is 0 Å². The monoisotopic (exact) mass is 297 g/mol. The van der Waals surface area contributed by atoms with Gasteiger partial charge in [0.2, 0.25) is 5.78 Å². The molecule has 22 heavy (non-hydrogen) atoms. The summed E-state index contributed by atoms with van der Waals surface area (Å²) in [5, 5.41) is 9.41. The van der Waals surface area contributed by atoms with Crippen molar-refractivity contribution in [1.29, 1.82) is 0 Å². The maximum absolute atomic E-state index is 12.2. The summed E-state index contributed by atoms with van der Waals surface area (Å²) in [5.41, 5.74) is 1.18. The maximum atomic E-state index is 12.2. The molecule has 0 radical (unpaired) electrons. The van der Waals surface area contributed by atoms with Crippen molar-refractivity contribution in [2.24, 2.45) is 0 Å². The van der Waals surface area contributed by atoms with E-state index in [0.717, 1.165) is 0 Å². The van der Waals surface area contributed by atoms with Gasteiger partial charge < -0.3 is 14.6 Å². The van der Waals surface area contributed by atoms with E-state index in [-0.39, 0.29) is 22.9 Å². The second-order valence-corrected chi connectivity index (χ2v) is 4.62. The number of aromatic nitrogens is 1. The molecule has 0 bridgehead atoms. The zero-order valence-corrected chi connectivity index (χ0v) is 11.6. The predicted octanol–water partition coefficient (Wildman–Crippen LogP) is 2.19. The largest absolute Gasteiger partial charge is 0.508 e. The number of phenols is 1. The minimum atomic E-state index is -0.514. The number of pyridine rings is 1. The van der Waals surface area contributed by atoms with Gasteiger partial charge in [-0.2, -0.15) is 0 Å². The van der Waals surface area contributed by atoms with E-state index in [1.807, 2.05) is 0 Å². The highest BCUT2D eigenvalue weighted by Crippen LogP contribution is 2.34. The van der Waals surface area contributed by atoms with E-state index in [0.29, 0.717) is 16.9 Å². The molecule has 0 fully saturated rings. The van der Waals surface area contributed by atoms with E-state index in [1.165, 1.54) is 43.8 Å². The van der Waals surface area contributed by atoms with Crippen LogP contribution in [-0.2, 0) is 4.74 Å². The number of nitrogens with zero attached hydrogens (tertiary/aromatic N) is 1. The van der Waals surface area contributed by atoms with Gasteiger partial charge in [0.1, 0.15) is 11.5 Å². The molecule has 0 unspecified atom stereocenters. The quantitative estimate of drug-likeness (QED) is 0.675. The van der Waals surface area contributed by atoms with Crippen LogP contribution >= 0.6 is 0 Å². The van der Waals surface area contributed by atoms with E-state index in [4.69, 9.17) is 4.74 Å². The van der Waals surface area contributed by atoms with Gasteiger partial charge in [-0.3, -0.25) is 9.78 Å². The summed E-state index contributed by atoms with van der Waals surface area (Å²) in [7, 11) is 1.28. The fourth-order valence-corrected chi connectivity index (χ4v) is 2.09. The molecule has 2 heterocycles. The lowest BCUT2D eigenvalue weighted by Gasteiger charge is -2.01. The molecule has 0 saturated heterocycles. The average Bonchev–Trinajstić information content (AvgIpc) is 2.82. The van der Waals surface area contributed by atoms with Gasteiger partial charge in [-0.25, -0.2) is 4.79 Å². The molecule has 2 aromatic rings. The first kappa shape index (κ1) is 13.8. The topological polar surface area (TPSA) is 85.7 Å². The molecule has 0 amide bonds. The number of esters is 1. The first-order valence-electron chi connectivity index (χ1n) is 6.39. The smallest absolute Gasteiger partial charge is 0.339 e. The summed E-state index contributed by atoms with van der Waals surface area (Å²) in [4.78, 5) is 27.6. The zero-order valence-electron chi connectivity index (χ0n) is 11.6. The molecule has 3 rings (SSSR count). The van der Waals surface area contributed by atoms with E-state index in [1.54, 1.807) is 6.07 Å².